The number of aromatic nitrogens is 2. The molecule has 0 aliphatic heterocycles. The van der Waals surface area contributed by atoms with Gasteiger partial charge >= 0.3 is 0 Å². The zero-order chi connectivity index (χ0) is 17.4. The number of fused-ring (bicyclic) bond motifs is 1. The van der Waals surface area contributed by atoms with Crippen LogP contribution < -0.4 is 4.74 Å². The Morgan fingerprint density at radius 1 is 1.16 bits per heavy atom. The van der Waals surface area contributed by atoms with Gasteiger partial charge in [0.25, 0.3) is 0 Å². The summed E-state index contributed by atoms with van der Waals surface area (Å²) in [5, 5.41) is 5.06. The second kappa shape index (κ2) is 6.37. The number of hydrogen-bond donors (Lipinski definition) is 0. The smallest absolute Gasteiger partial charge is 0.238 e. The predicted octanol–water partition coefficient (Wildman–Crippen LogP) is 5.15. The first kappa shape index (κ1) is 15.9. The van der Waals surface area contributed by atoms with Gasteiger partial charge in [0.1, 0.15) is 11.3 Å². The van der Waals surface area contributed by atoms with Gasteiger partial charge in [-0.2, -0.15) is 4.98 Å². The molecule has 25 heavy (non-hydrogen) atoms. The maximum atomic E-state index is 5.92. The van der Waals surface area contributed by atoms with Crippen molar-refractivity contribution >= 4 is 26.9 Å². The molecular formula is C19H15BrN2O3. The lowest BCUT2D eigenvalue weighted by Gasteiger charge is -1.99. The summed E-state index contributed by atoms with van der Waals surface area (Å²) in [5.74, 6) is 2.39. The van der Waals surface area contributed by atoms with Crippen LogP contribution >= 0.6 is 15.9 Å². The summed E-state index contributed by atoms with van der Waals surface area (Å²) in [6.07, 6.45) is 0.557. The Morgan fingerprint density at radius 2 is 2.00 bits per heavy atom. The van der Waals surface area contributed by atoms with Crippen LogP contribution in [0.1, 0.15) is 17.0 Å². The molecule has 0 spiro atoms. The molecule has 0 bridgehead atoms. The zero-order valence-corrected chi connectivity index (χ0v) is 15.3. The number of halogens is 1. The van der Waals surface area contributed by atoms with Gasteiger partial charge in [-0.3, -0.25) is 0 Å². The van der Waals surface area contributed by atoms with Crippen LogP contribution in [0.4, 0.5) is 0 Å². The average molecular weight is 399 g/mol. The summed E-state index contributed by atoms with van der Waals surface area (Å²) in [5.41, 5.74) is 2.82. The summed E-state index contributed by atoms with van der Waals surface area (Å²) in [6.45, 7) is 1.98. The normalized spacial score (nSPS) is 11.2. The third-order valence-electron chi connectivity index (χ3n) is 4.11. The van der Waals surface area contributed by atoms with Crippen LogP contribution in [0.25, 0.3) is 22.6 Å². The lowest BCUT2D eigenvalue weighted by Crippen LogP contribution is -1.89. The molecule has 0 radical (unpaired) electrons. The summed E-state index contributed by atoms with van der Waals surface area (Å²) < 4.78 is 17.6. The van der Waals surface area contributed by atoms with Crippen LogP contribution in [-0.2, 0) is 6.42 Å². The Bertz CT molecular complexity index is 1050. The van der Waals surface area contributed by atoms with E-state index in [1.165, 1.54) is 0 Å². The molecule has 0 aliphatic carbocycles. The molecule has 0 atom stereocenters. The van der Waals surface area contributed by atoms with Gasteiger partial charge in [0, 0.05) is 15.4 Å². The number of furan rings is 1. The van der Waals surface area contributed by atoms with Gasteiger partial charge in [-0.15, -0.1) is 0 Å². The van der Waals surface area contributed by atoms with Gasteiger partial charge < -0.3 is 13.7 Å². The zero-order valence-electron chi connectivity index (χ0n) is 13.7. The first-order valence-corrected chi connectivity index (χ1v) is 8.58. The van der Waals surface area contributed by atoms with Gasteiger partial charge in [-0.25, -0.2) is 0 Å². The van der Waals surface area contributed by atoms with Crippen LogP contribution in [0.2, 0.25) is 0 Å². The molecule has 6 heteroatoms. The highest BCUT2D eigenvalue weighted by atomic mass is 79.9. The van der Waals surface area contributed by atoms with E-state index in [2.05, 4.69) is 26.1 Å². The van der Waals surface area contributed by atoms with E-state index in [0.717, 1.165) is 32.3 Å². The molecule has 0 fully saturated rings. The van der Waals surface area contributed by atoms with Crippen LogP contribution in [0.3, 0.4) is 0 Å². The lowest BCUT2D eigenvalue weighted by atomic mass is 10.1. The fourth-order valence-electron chi connectivity index (χ4n) is 2.76. The minimum absolute atomic E-state index is 0.453. The number of rotatable bonds is 4. The molecule has 126 valence electrons. The van der Waals surface area contributed by atoms with Crippen LogP contribution in [0.15, 0.2) is 55.9 Å². The molecule has 0 amide bonds. The highest BCUT2D eigenvalue weighted by Crippen LogP contribution is 2.33. The fraction of sp³-hybridized carbons (Fsp3) is 0.158. The highest BCUT2D eigenvalue weighted by molar-refractivity contribution is 9.10. The number of methoxy groups -OCH3 is 1. The molecule has 0 N–H and O–H groups in total. The second-order valence-electron chi connectivity index (χ2n) is 5.70. The molecule has 0 aliphatic rings. The molecule has 0 saturated heterocycles. The second-order valence-corrected chi connectivity index (χ2v) is 6.55. The molecule has 2 aromatic carbocycles. The summed E-state index contributed by atoms with van der Waals surface area (Å²) >= 11 is 3.53. The van der Waals surface area contributed by atoms with Crippen molar-refractivity contribution in [2.24, 2.45) is 0 Å². The van der Waals surface area contributed by atoms with Gasteiger partial charge in [0.2, 0.25) is 11.7 Å². The van der Waals surface area contributed by atoms with E-state index in [1.54, 1.807) is 7.11 Å². The third kappa shape index (κ3) is 2.93. The summed E-state index contributed by atoms with van der Waals surface area (Å²) in [6, 6.07) is 13.7. The Hall–Kier alpha value is -2.60. The first-order valence-electron chi connectivity index (χ1n) is 7.79. The quantitative estimate of drug-likeness (QED) is 0.475. The van der Waals surface area contributed by atoms with Gasteiger partial charge in [0.15, 0.2) is 5.76 Å². The van der Waals surface area contributed by atoms with Crippen LogP contribution in [0, 0.1) is 6.92 Å². The third-order valence-corrected chi connectivity index (χ3v) is 4.89. The molecule has 4 rings (SSSR count). The standard InChI is InChI=1S/C19H15BrN2O3/c1-11-14-10-13(23-2)7-8-16(14)24-18(11)19-21-17(25-22-19)9-12-5-3-4-6-15(12)20/h3-8,10H,9H2,1-2H3. The molecule has 0 saturated carbocycles. The van der Waals surface area contributed by atoms with Gasteiger partial charge in [-0.05, 0) is 36.8 Å². The van der Waals surface area contributed by atoms with Crippen molar-refractivity contribution in [2.75, 3.05) is 7.11 Å². The fourth-order valence-corrected chi connectivity index (χ4v) is 3.19. The van der Waals surface area contributed by atoms with Crippen molar-refractivity contribution in [1.82, 2.24) is 10.1 Å². The van der Waals surface area contributed by atoms with Gasteiger partial charge in [-0.1, -0.05) is 39.3 Å². The topological polar surface area (TPSA) is 61.3 Å². The number of nitrogens with zero attached hydrogens (tertiary/aromatic N) is 2. The van der Waals surface area contributed by atoms with E-state index in [-0.39, 0.29) is 0 Å². The Morgan fingerprint density at radius 3 is 2.80 bits per heavy atom. The monoisotopic (exact) mass is 398 g/mol. The van der Waals surface area contributed by atoms with Crippen molar-refractivity contribution < 1.29 is 13.7 Å². The number of benzene rings is 2. The molecule has 2 aromatic heterocycles. The molecule has 4 aromatic rings. The maximum absolute atomic E-state index is 5.92. The molecule has 2 heterocycles. The van der Waals surface area contributed by atoms with E-state index in [9.17, 15) is 0 Å². The van der Waals surface area contributed by atoms with Crippen molar-refractivity contribution in [3.63, 3.8) is 0 Å². The highest BCUT2D eigenvalue weighted by Gasteiger charge is 2.19. The average Bonchev–Trinajstić information content (AvgIpc) is 3.21. The summed E-state index contributed by atoms with van der Waals surface area (Å²) in [7, 11) is 1.64. The van der Waals surface area contributed by atoms with Crippen molar-refractivity contribution in [3.05, 3.63) is 64.0 Å². The molecular weight excluding hydrogens is 384 g/mol. The van der Waals surface area contributed by atoms with E-state index < -0.39 is 0 Å². The van der Waals surface area contributed by atoms with E-state index in [1.807, 2.05) is 49.4 Å². The Kier molecular flexibility index (Phi) is 4.05. The van der Waals surface area contributed by atoms with E-state index >= 15 is 0 Å². The number of ether oxygens (including phenoxy) is 1. The first-order chi connectivity index (χ1) is 12.2. The van der Waals surface area contributed by atoms with E-state index in [4.69, 9.17) is 13.7 Å². The van der Waals surface area contributed by atoms with Crippen LogP contribution in [0.5, 0.6) is 5.75 Å². The minimum atomic E-state index is 0.453. The minimum Gasteiger partial charge on any atom is -0.497 e. The molecule has 5 nitrogen and oxygen atoms in total. The van der Waals surface area contributed by atoms with Crippen molar-refractivity contribution in [2.45, 2.75) is 13.3 Å². The largest absolute Gasteiger partial charge is 0.497 e. The lowest BCUT2D eigenvalue weighted by molar-refractivity contribution is 0.384. The number of hydrogen-bond acceptors (Lipinski definition) is 5. The van der Waals surface area contributed by atoms with E-state index in [0.29, 0.717) is 23.9 Å². The Balaban J connectivity index is 1.69. The SMILES string of the molecule is COc1ccc2oc(-c3noc(Cc4ccccc4Br)n3)c(C)c2c1. The van der Waals surface area contributed by atoms with Crippen LogP contribution in [-0.4, -0.2) is 17.3 Å². The number of aryl methyl sites for hydroxylation is 1. The van der Waals surface area contributed by atoms with Crippen molar-refractivity contribution in [3.8, 4) is 17.3 Å². The van der Waals surface area contributed by atoms with Crippen molar-refractivity contribution in [1.29, 1.82) is 0 Å². The van der Waals surface area contributed by atoms with Gasteiger partial charge in [0.05, 0.1) is 13.5 Å². The Labute approximate surface area is 152 Å². The summed E-state index contributed by atoms with van der Waals surface area (Å²) in [4.78, 5) is 4.49. The predicted molar refractivity (Wildman–Crippen MR) is 97.7 cm³/mol. The molecule has 0 unspecified atom stereocenters. The maximum Gasteiger partial charge on any atom is 0.238 e.